The fourth-order valence-electron chi connectivity index (χ4n) is 12.5. The molecular formula is C33H55NO5. The van der Waals surface area contributed by atoms with Crippen molar-refractivity contribution in [2.45, 2.75) is 137 Å². The molecule has 6 rings (SSSR count). The average molecular weight is 546 g/mol. The highest BCUT2D eigenvalue weighted by Crippen LogP contribution is 2.89. The monoisotopic (exact) mass is 545 g/mol. The molecule has 1 amide bonds. The zero-order valence-electron chi connectivity index (χ0n) is 25.8. The first-order valence-electron chi connectivity index (χ1n) is 15.9. The minimum Gasteiger partial charge on any atom is -0.393 e. The summed E-state index contributed by atoms with van der Waals surface area (Å²) in [6, 6.07) is 0. The predicted molar refractivity (Wildman–Crippen MR) is 151 cm³/mol. The lowest BCUT2D eigenvalue weighted by Gasteiger charge is -2.63. The van der Waals surface area contributed by atoms with E-state index in [1.807, 2.05) is 0 Å². The van der Waals surface area contributed by atoms with Crippen molar-refractivity contribution >= 4 is 5.91 Å². The lowest BCUT2D eigenvalue weighted by Crippen LogP contribution is -2.59. The van der Waals surface area contributed by atoms with Crippen LogP contribution in [0.2, 0.25) is 0 Å². The number of fused-ring (bicyclic) bond motifs is 4. The molecule has 0 radical (unpaired) electrons. The molecule has 222 valence electrons. The second kappa shape index (κ2) is 8.45. The largest absolute Gasteiger partial charge is 0.393 e. The van der Waals surface area contributed by atoms with E-state index in [0.29, 0.717) is 41.0 Å². The Morgan fingerprint density at radius 1 is 1.00 bits per heavy atom. The van der Waals surface area contributed by atoms with Crippen LogP contribution in [0.5, 0.6) is 0 Å². The summed E-state index contributed by atoms with van der Waals surface area (Å²) in [5.41, 5.74) is -0.542. The van der Waals surface area contributed by atoms with Gasteiger partial charge in [0.2, 0.25) is 5.91 Å². The first-order chi connectivity index (χ1) is 17.9. The Balaban J connectivity index is 1.29. The van der Waals surface area contributed by atoms with E-state index in [0.717, 1.165) is 38.5 Å². The second-order valence-electron chi connectivity index (χ2n) is 16.9. The SMILES string of the molecule is CC(=O)N(CC1C[C@@H](C)[C@H]2C(O1)[C@H](O)[C@@]1(C)C3CC[C@H]4C(C)(C)C(O)CC[C@@]45C[C@@]35CC[C@]21C)CC(C)(C)O. The average Bonchev–Trinajstić information content (AvgIpc) is 3.45. The number of hydrogen-bond acceptors (Lipinski definition) is 5. The van der Waals surface area contributed by atoms with Gasteiger partial charge < -0.3 is 25.0 Å². The summed E-state index contributed by atoms with van der Waals surface area (Å²) in [7, 11) is 0. The Morgan fingerprint density at radius 2 is 1.64 bits per heavy atom. The molecule has 6 fully saturated rings. The van der Waals surface area contributed by atoms with Crippen LogP contribution in [0, 0.1) is 50.7 Å². The first kappa shape index (κ1) is 28.4. The molecule has 1 saturated heterocycles. The van der Waals surface area contributed by atoms with E-state index in [1.54, 1.807) is 25.7 Å². The summed E-state index contributed by atoms with van der Waals surface area (Å²) >= 11 is 0. The summed E-state index contributed by atoms with van der Waals surface area (Å²) in [5, 5.41) is 33.7. The van der Waals surface area contributed by atoms with Crippen molar-refractivity contribution in [1.82, 2.24) is 4.90 Å². The molecule has 0 aromatic rings. The maximum atomic E-state index is 12.4. The van der Waals surface area contributed by atoms with E-state index in [-0.39, 0.29) is 47.0 Å². The number of rotatable bonds is 4. The number of amides is 1. The highest BCUT2D eigenvalue weighted by Gasteiger charge is 2.84. The normalized spacial score (nSPS) is 53.5. The number of carbonyl (C=O) groups excluding carboxylic acids is 1. The number of aliphatic hydroxyl groups excluding tert-OH is 2. The zero-order valence-corrected chi connectivity index (χ0v) is 25.8. The Labute approximate surface area is 236 Å². The van der Waals surface area contributed by atoms with Crippen molar-refractivity contribution < 1.29 is 24.9 Å². The molecule has 5 aliphatic carbocycles. The molecule has 0 aromatic carbocycles. The van der Waals surface area contributed by atoms with Crippen molar-refractivity contribution in [3.8, 4) is 0 Å². The van der Waals surface area contributed by atoms with E-state index >= 15 is 0 Å². The lowest BCUT2D eigenvalue weighted by molar-refractivity contribution is -0.182. The van der Waals surface area contributed by atoms with Gasteiger partial charge in [-0.25, -0.2) is 0 Å². The summed E-state index contributed by atoms with van der Waals surface area (Å²) in [6.07, 6.45) is 7.86. The summed E-state index contributed by atoms with van der Waals surface area (Å²) in [5.74, 6) is 1.72. The van der Waals surface area contributed by atoms with E-state index < -0.39 is 11.7 Å². The number of aliphatic hydroxyl groups is 3. The van der Waals surface area contributed by atoms with Gasteiger partial charge >= 0.3 is 0 Å². The molecule has 39 heavy (non-hydrogen) atoms. The highest BCUT2D eigenvalue weighted by molar-refractivity contribution is 5.73. The highest BCUT2D eigenvalue weighted by atomic mass is 16.5. The minimum absolute atomic E-state index is 0.0189. The third kappa shape index (κ3) is 3.56. The molecule has 6 aliphatic rings. The quantitative estimate of drug-likeness (QED) is 0.473. The molecule has 1 heterocycles. The van der Waals surface area contributed by atoms with Crippen molar-refractivity contribution in [3.05, 3.63) is 0 Å². The Kier molecular flexibility index (Phi) is 6.16. The van der Waals surface area contributed by atoms with Crippen LogP contribution in [0.1, 0.15) is 107 Å². The molecule has 1 aliphatic heterocycles. The Hall–Kier alpha value is -0.690. The van der Waals surface area contributed by atoms with Crippen LogP contribution >= 0.6 is 0 Å². The van der Waals surface area contributed by atoms with E-state index in [9.17, 15) is 20.1 Å². The van der Waals surface area contributed by atoms with Crippen LogP contribution in [0.3, 0.4) is 0 Å². The summed E-state index contributed by atoms with van der Waals surface area (Å²) in [6.45, 7) is 17.6. The van der Waals surface area contributed by atoms with Gasteiger partial charge in [-0.15, -0.1) is 0 Å². The van der Waals surface area contributed by atoms with E-state index in [1.165, 1.54) is 12.8 Å². The first-order valence-corrected chi connectivity index (χ1v) is 15.9. The van der Waals surface area contributed by atoms with Gasteiger partial charge in [-0.05, 0) is 111 Å². The third-order valence-corrected chi connectivity index (χ3v) is 14.3. The van der Waals surface area contributed by atoms with E-state index in [2.05, 4.69) is 34.6 Å². The van der Waals surface area contributed by atoms with Crippen molar-refractivity contribution in [2.75, 3.05) is 13.1 Å². The van der Waals surface area contributed by atoms with Gasteiger partial charge in [0.25, 0.3) is 0 Å². The third-order valence-electron chi connectivity index (χ3n) is 14.3. The van der Waals surface area contributed by atoms with Gasteiger partial charge in [-0.3, -0.25) is 4.79 Å². The van der Waals surface area contributed by atoms with Crippen LogP contribution in [0.25, 0.3) is 0 Å². The van der Waals surface area contributed by atoms with Gasteiger partial charge in [0.05, 0.1) is 30.0 Å². The van der Waals surface area contributed by atoms with E-state index in [4.69, 9.17) is 4.74 Å². The molecule has 12 atom stereocenters. The van der Waals surface area contributed by atoms with Crippen LogP contribution < -0.4 is 0 Å². The zero-order chi connectivity index (χ0) is 28.6. The molecule has 0 bridgehead atoms. The molecule has 4 unspecified atom stereocenters. The fraction of sp³-hybridized carbons (Fsp3) is 0.970. The predicted octanol–water partition coefficient (Wildman–Crippen LogP) is 4.78. The molecule has 6 heteroatoms. The number of carbonyl (C=O) groups is 1. The van der Waals surface area contributed by atoms with Crippen molar-refractivity contribution in [1.29, 1.82) is 0 Å². The van der Waals surface area contributed by atoms with Crippen LogP contribution in [0.15, 0.2) is 0 Å². The molecule has 6 nitrogen and oxygen atoms in total. The van der Waals surface area contributed by atoms with Crippen LogP contribution in [0.4, 0.5) is 0 Å². The molecular weight excluding hydrogens is 490 g/mol. The number of nitrogens with zero attached hydrogens (tertiary/aromatic N) is 1. The molecule has 3 N–H and O–H groups in total. The minimum atomic E-state index is -0.964. The smallest absolute Gasteiger partial charge is 0.219 e. The fourth-order valence-corrected chi connectivity index (χ4v) is 12.5. The van der Waals surface area contributed by atoms with Gasteiger partial charge in [-0.1, -0.05) is 34.6 Å². The Morgan fingerprint density at radius 3 is 2.28 bits per heavy atom. The molecule has 0 aromatic heterocycles. The Bertz CT molecular complexity index is 1020. The maximum absolute atomic E-state index is 12.4. The second-order valence-corrected chi connectivity index (χ2v) is 16.9. The molecule has 2 spiro atoms. The van der Waals surface area contributed by atoms with Crippen LogP contribution in [-0.2, 0) is 9.53 Å². The van der Waals surface area contributed by atoms with Gasteiger partial charge in [0.15, 0.2) is 0 Å². The lowest BCUT2D eigenvalue weighted by atomic mass is 9.41. The number of ether oxygens (including phenoxy) is 1. The molecule has 5 saturated carbocycles. The van der Waals surface area contributed by atoms with Gasteiger partial charge in [0, 0.05) is 25.4 Å². The standard InChI is InChI=1S/C33H55NO5/c1-19-15-21(16-34(20(2)35)18-28(3,4)38)39-26-25(19)30(7)13-14-33-17-32(33)12-11-24(36)29(5,6)22(32)9-10-23(33)31(30,8)27(26)37/h19,21-27,36-38H,9-18H2,1-8H3/t19-,21?,22+,23?,24?,25+,26?,27+,30-,31-,32-,33+/m1/s1. The van der Waals surface area contributed by atoms with Crippen molar-refractivity contribution in [3.63, 3.8) is 0 Å². The number of hydrogen-bond donors (Lipinski definition) is 3. The van der Waals surface area contributed by atoms with Crippen molar-refractivity contribution in [2.24, 2.45) is 50.7 Å². The maximum Gasteiger partial charge on any atom is 0.219 e. The summed E-state index contributed by atoms with van der Waals surface area (Å²) in [4.78, 5) is 14.2. The van der Waals surface area contributed by atoms with Crippen LogP contribution in [-0.4, -0.2) is 69.2 Å². The summed E-state index contributed by atoms with van der Waals surface area (Å²) < 4.78 is 6.83. The van der Waals surface area contributed by atoms with Gasteiger partial charge in [-0.2, -0.15) is 0 Å². The topological polar surface area (TPSA) is 90.2 Å². The van der Waals surface area contributed by atoms with Gasteiger partial charge in [0.1, 0.15) is 0 Å².